The van der Waals surface area contributed by atoms with Crippen molar-refractivity contribution >= 4 is 37.5 Å². The number of sulfonamides is 1. The Morgan fingerprint density at radius 2 is 1.54 bits per heavy atom. The predicted molar refractivity (Wildman–Crippen MR) is 144 cm³/mol. The summed E-state index contributed by atoms with van der Waals surface area (Å²) >= 11 is 1.51. The number of nitrogens with zero attached hydrogens (tertiary/aromatic N) is 3. The highest BCUT2D eigenvalue weighted by molar-refractivity contribution is 7.89. The van der Waals surface area contributed by atoms with Gasteiger partial charge < -0.3 is 4.57 Å². The molecule has 0 aliphatic rings. The first-order valence-corrected chi connectivity index (χ1v) is 14.8. The molecule has 1 heterocycles. The molecule has 2 aromatic carbocycles. The Bertz CT molecular complexity index is 1330. The Hall–Kier alpha value is -2.29. The molecule has 0 N–H and O–H groups in total. The number of benzene rings is 2. The number of carbonyl (C=O) groups is 1. The average molecular weight is 516 g/mol. The first-order chi connectivity index (χ1) is 16.7. The Balaban J connectivity index is 1.93. The maximum atomic E-state index is 13.2. The fraction of sp³-hybridized carbons (Fsp3) is 0.481. The molecule has 8 heteroatoms. The van der Waals surface area contributed by atoms with Crippen LogP contribution in [0.5, 0.6) is 0 Å². The average Bonchev–Trinajstić information content (AvgIpc) is 3.15. The van der Waals surface area contributed by atoms with E-state index in [0.29, 0.717) is 23.5 Å². The molecule has 35 heavy (non-hydrogen) atoms. The zero-order valence-electron chi connectivity index (χ0n) is 21.5. The number of fused-ring (bicyclic) bond motifs is 1. The standard InChI is InChI=1S/C27H37N3O3S2/c1-6-9-16-29(17-10-7-2)35(32,33)23-13-11-22(12-14-23)26(31)28-27-30(15-8-3)24-18-20(4)21(5)19-25(24)34-27/h11-14,18-19H,6-10,15-17H2,1-5H3. The maximum Gasteiger partial charge on any atom is 0.279 e. The van der Waals surface area contributed by atoms with E-state index in [1.165, 1.54) is 34.6 Å². The van der Waals surface area contributed by atoms with E-state index in [-0.39, 0.29) is 10.8 Å². The van der Waals surface area contributed by atoms with Gasteiger partial charge in [-0.15, -0.1) is 0 Å². The number of thiazole rings is 1. The van der Waals surface area contributed by atoms with Gasteiger partial charge in [-0.3, -0.25) is 4.79 Å². The van der Waals surface area contributed by atoms with E-state index in [2.05, 4.69) is 56.3 Å². The van der Waals surface area contributed by atoms with E-state index >= 15 is 0 Å². The zero-order chi connectivity index (χ0) is 25.6. The van der Waals surface area contributed by atoms with Gasteiger partial charge in [-0.2, -0.15) is 9.30 Å². The van der Waals surface area contributed by atoms with Gasteiger partial charge in [0, 0.05) is 25.2 Å². The lowest BCUT2D eigenvalue weighted by molar-refractivity contribution is 0.0997. The van der Waals surface area contributed by atoms with Gasteiger partial charge in [0.05, 0.1) is 15.1 Å². The van der Waals surface area contributed by atoms with Gasteiger partial charge in [-0.25, -0.2) is 8.42 Å². The second kappa shape index (κ2) is 12.1. The van der Waals surface area contributed by atoms with Crippen LogP contribution in [0, 0.1) is 13.8 Å². The molecule has 0 radical (unpaired) electrons. The molecule has 0 saturated heterocycles. The van der Waals surface area contributed by atoms with Crippen LogP contribution in [0.2, 0.25) is 0 Å². The first-order valence-electron chi connectivity index (χ1n) is 12.5. The van der Waals surface area contributed by atoms with Gasteiger partial charge in [0.15, 0.2) is 4.80 Å². The molecule has 6 nitrogen and oxygen atoms in total. The third-order valence-corrected chi connectivity index (χ3v) is 9.16. The number of hydrogen-bond acceptors (Lipinski definition) is 4. The quantitative estimate of drug-likeness (QED) is 0.311. The van der Waals surface area contributed by atoms with Gasteiger partial charge in [0.1, 0.15) is 0 Å². The van der Waals surface area contributed by atoms with Crippen LogP contribution in [0.1, 0.15) is 74.4 Å². The summed E-state index contributed by atoms with van der Waals surface area (Å²) in [5, 5.41) is 0. The molecule has 3 aromatic rings. The molecule has 0 bridgehead atoms. The van der Waals surface area contributed by atoms with Crippen LogP contribution in [-0.4, -0.2) is 36.3 Å². The molecular formula is C27H37N3O3S2. The number of aryl methyl sites for hydroxylation is 3. The monoisotopic (exact) mass is 515 g/mol. The number of amides is 1. The van der Waals surface area contributed by atoms with Crippen molar-refractivity contribution < 1.29 is 13.2 Å². The molecule has 190 valence electrons. The lowest BCUT2D eigenvalue weighted by Gasteiger charge is -2.22. The van der Waals surface area contributed by atoms with E-state index in [1.54, 1.807) is 16.4 Å². The number of rotatable bonds is 11. The molecule has 1 aromatic heterocycles. The van der Waals surface area contributed by atoms with Gasteiger partial charge in [-0.05, 0) is 80.6 Å². The van der Waals surface area contributed by atoms with Crippen LogP contribution in [0.25, 0.3) is 10.2 Å². The molecule has 0 unspecified atom stereocenters. The Labute approximate surface area is 213 Å². The number of carbonyl (C=O) groups excluding carboxylic acids is 1. The minimum Gasteiger partial charge on any atom is -0.316 e. The normalized spacial score (nSPS) is 12.7. The summed E-state index contributed by atoms with van der Waals surface area (Å²) in [5.41, 5.74) is 3.89. The van der Waals surface area contributed by atoms with Crippen LogP contribution >= 0.6 is 11.3 Å². The van der Waals surface area contributed by atoms with E-state index in [4.69, 9.17) is 0 Å². The summed E-state index contributed by atoms with van der Waals surface area (Å²) < 4.78 is 31.2. The maximum absolute atomic E-state index is 13.2. The van der Waals surface area contributed by atoms with E-state index in [1.807, 2.05) is 0 Å². The first kappa shape index (κ1) is 27.3. The second-order valence-electron chi connectivity index (χ2n) is 8.99. The molecule has 3 rings (SSSR count). The number of hydrogen-bond donors (Lipinski definition) is 0. The smallest absolute Gasteiger partial charge is 0.279 e. The van der Waals surface area contributed by atoms with Crippen LogP contribution < -0.4 is 4.80 Å². The van der Waals surface area contributed by atoms with Crippen molar-refractivity contribution in [2.75, 3.05) is 13.1 Å². The van der Waals surface area contributed by atoms with Crippen LogP contribution in [-0.2, 0) is 16.6 Å². The topological polar surface area (TPSA) is 71.7 Å². The third kappa shape index (κ3) is 6.29. The minimum atomic E-state index is -3.60. The molecule has 0 aliphatic carbocycles. The summed E-state index contributed by atoms with van der Waals surface area (Å²) in [5.74, 6) is -0.368. The summed E-state index contributed by atoms with van der Waals surface area (Å²) in [4.78, 5) is 18.3. The summed E-state index contributed by atoms with van der Waals surface area (Å²) in [6.07, 6.45) is 4.44. The highest BCUT2D eigenvalue weighted by Crippen LogP contribution is 2.23. The molecular weight excluding hydrogens is 478 g/mol. The lowest BCUT2D eigenvalue weighted by atomic mass is 10.1. The van der Waals surface area contributed by atoms with Crippen LogP contribution in [0.3, 0.4) is 0 Å². The number of aromatic nitrogens is 1. The lowest BCUT2D eigenvalue weighted by Crippen LogP contribution is -2.33. The Kier molecular flexibility index (Phi) is 9.44. The van der Waals surface area contributed by atoms with Crippen molar-refractivity contribution in [3.05, 3.63) is 57.9 Å². The Morgan fingerprint density at radius 1 is 0.943 bits per heavy atom. The van der Waals surface area contributed by atoms with E-state index < -0.39 is 10.0 Å². The van der Waals surface area contributed by atoms with Gasteiger partial charge in [-0.1, -0.05) is 44.9 Å². The zero-order valence-corrected chi connectivity index (χ0v) is 23.1. The third-order valence-electron chi connectivity index (χ3n) is 6.20. The highest BCUT2D eigenvalue weighted by atomic mass is 32.2. The molecule has 0 fully saturated rings. The molecule has 0 spiro atoms. The molecule has 0 saturated carbocycles. The second-order valence-corrected chi connectivity index (χ2v) is 11.9. The molecule has 0 atom stereocenters. The minimum absolute atomic E-state index is 0.218. The predicted octanol–water partition coefficient (Wildman–Crippen LogP) is 6.06. The van der Waals surface area contributed by atoms with Gasteiger partial charge in [0.25, 0.3) is 5.91 Å². The summed E-state index contributed by atoms with van der Waals surface area (Å²) in [7, 11) is -3.60. The van der Waals surface area contributed by atoms with Crippen molar-refractivity contribution in [2.24, 2.45) is 4.99 Å². The van der Waals surface area contributed by atoms with Crippen molar-refractivity contribution in [1.29, 1.82) is 0 Å². The van der Waals surface area contributed by atoms with Gasteiger partial charge >= 0.3 is 0 Å². The van der Waals surface area contributed by atoms with Gasteiger partial charge in [0.2, 0.25) is 10.0 Å². The summed E-state index contributed by atoms with van der Waals surface area (Å²) in [6.45, 7) is 12.2. The molecule has 1 amide bonds. The van der Waals surface area contributed by atoms with Crippen molar-refractivity contribution in [2.45, 2.75) is 78.2 Å². The fourth-order valence-corrected chi connectivity index (χ4v) is 6.59. The van der Waals surface area contributed by atoms with Crippen molar-refractivity contribution in [1.82, 2.24) is 8.87 Å². The fourth-order valence-electron chi connectivity index (χ4n) is 3.94. The van der Waals surface area contributed by atoms with E-state index in [9.17, 15) is 13.2 Å². The Morgan fingerprint density at radius 3 is 2.11 bits per heavy atom. The SMILES string of the molecule is CCCCN(CCCC)S(=O)(=O)c1ccc(C(=O)N=c2sc3cc(C)c(C)cc3n2CCC)cc1. The summed E-state index contributed by atoms with van der Waals surface area (Å²) in [6, 6.07) is 10.5. The van der Waals surface area contributed by atoms with Crippen molar-refractivity contribution in [3.8, 4) is 0 Å². The highest BCUT2D eigenvalue weighted by Gasteiger charge is 2.23. The largest absolute Gasteiger partial charge is 0.316 e. The molecule has 0 aliphatic heterocycles. The van der Waals surface area contributed by atoms with Crippen molar-refractivity contribution in [3.63, 3.8) is 0 Å². The van der Waals surface area contributed by atoms with Crippen LogP contribution in [0.15, 0.2) is 46.3 Å². The number of unbranched alkanes of at least 4 members (excludes halogenated alkanes) is 2. The van der Waals surface area contributed by atoms with Crippen LogP contribution in [0.4, 0.5) is 0 Å². The van der Waals surface area contributed by atoms with E-state index in [0.717, 1.165) is 48.9 Å².